The standard InChI is InChI=1S/C15H25NO4Si/c1-15(2,3)21(4,5)20-11-10-19-12-13-6-8-14(9-7-13)16(17)18/h6-9H,10-12H2,1-5H3. The van der Waals surface area contributed by atoms with Crippen molar-refractivity contribution in [2.75, 3.05) is 13.2 Å². The monoisotopic (exact) mass is 311 g/mol. The first-order chi connectivity index (χ1) is 9.63. The van der Waals surface area contributed by atoms with E-state index in [1.165, 1.54) is 12.1 Å². The Morgan fingerprint density at radius 3 is 2.19 bits per heavy atom. The van der Waals surface area contributed by atoms with E-state index in [0.29, 0.717) is 19.8 Å². The molecule has 118 valence electrons. The van der Waals surface area contributed by atoms with Gasteiger partial charge >= 0.3 is 0 Å². The maximum atomic E-state index is 10.5. The van der Waals surface area contributed by atoms with Gasteiger partial charge in [0.1, 0.15) is 0 Å². The van der Waals surface area contributed by atoms with Crippen LogP contribution in [-0.4, -0.2) is 26.5 Å². The maximum absolute atomic E-state index is 10.5. The average Bonchev–Trinajstić information content (AvgIpc) is 2.37. The van der Waals surface area contributed by atoms with E-state index in [2.05, 4.69) is 33.9 Å². The van der Waals surface area contributed by atoms with Crippen LogP contribution < -0.4 is 0 Å². The molecule has 0 unspecified atom stereocenters. The van der Waals surface area contributed by atoms with E-state index in [0.717, 1.165) is 5.56 Å². The van der Waals surface area contributed by atoms with Crippen molar-refractivity contribution < 1.29 is 14.1 Å². The van der Waals surface area contributed by atoms with Gasteiger partial charge in [-0.1, -0.05) is 20.8 Å². The van der Waals surface area contributed by atoms with Crippen LogP contribution in [0.3, 0.4) is 0 Å². The zero-order valence-corrected chi connectivity index (χ0v) is 14.5. The first kappa shape index (κ1) is 17.8. The van der Waals surface area contributed by atoms with Gasteiger partial charge in [0.15, 0.2) is 8.32 Å². The Balaban J connectivity index is 2.30. The lowest BCUT2D eigenvalue weighted by Crippen LogP contribution is -2.41. The molecule has 1 aromatic rings. The number of non-ortho nitro benzene ring substituents is 1. The Morgan fingerprint density at radius 1 is 1.14 bits per heavy atom. The Morgan fingerprint density at radius 2 is 1.71 bits per heavy atom. The van der Waals surface area contributed by atoms with Crippen molar-refractivity contribution in [2.24, 2.45) is 0 Å². The van der Waals surface area contributed by atoms with E-state index in [1.54, 1.807) is 12.1 Å². The highest BCUT2D eigenvalue weighted by Crippen LogP contribution is 2.36. The summed E-state index contributed by atoms with van der Waals surface area (Å²) in [6, 6.07) is 6.41. The summed E-state index contributed by atoms with van der Waals surface area (Å²) >= 11 is 0. The SMILES string of the molecule is CC(C)(C)[Si](C)(C)OCCOCc1ccc([N+](=O)[O-])cc1. The molecule has 0 aromatic heterocycles. The van der Waals surface area contributed by atoms with E-state index in [4.69, 9.17) is 9.16 Å². The number of nitro benzene ring substituents is 1. The lowest BCUT2D eigenvalue weighted by atomic mass is 10.2. The van der Waals surface area contributed by atoms with Crippen LogP contribution in [0.2, 0.25) is 18.1 Å². The molecule has 5 nitrogen and oxygen atoms in total. The van der Waals surface area contributed by atoms with Gasteiger partial charge < -0.3 is 9.16 Å². The minimum absolute atomic E-state index is 0.0972. The minimum Gasteiger partial charge on any atom is -0.414 e. The largest absolute Gasteiger partial charge is 0.414 e. The molecule has 0 heterocycles. The highest BCUT2D eigenvalue weighted by atomic mass is 28.4. The average molecular weight is 311 g/mol. The summed E-state index contributed by atoms with van der Waals surface area (Å²) in [6.45, 7) is 12.6. The first-order valence-corrected chi connectivity index (χ1v) is 9.99. The zero-order valence-electron chi connectivity index (χ0n) is 13.5. The Labute approximate surface area is 127 Å². The van der Waals surface area contributed by atoms with Crippen molar-refractivity contribution in [3.8, 4) is 0 Å². The van der Waals surface area contributed by atoms with Crippen molar-refractivity contribution >= 4 is 14.0 Å². The number of ether oxygens (including phenoxy) is 1. The van der Waals surface area contributed by atoms with Gasteiger partial charge in [0.05, 0.1) is 24.7 Å². The fraction of sp³-hybridized carbons (Fsp3) is 0.600. The Kier molecular flexibility index (Phi) is 6.06. The molecule has 0 N–H and O–H groups in total. The van der Waals surface area contributed by atoms with Crippen molar-refractivity contribution in [3.63, 3.8) is 0 Å². The number of hydrogen-bond acceptors (Lipinski definition) is 4. The number of nitrogens with zero attached hydrogens (tertiary/aromatic N) is 1. The lowest BCUT2D eigenvalue weighted by Gasteiger charge is -2.36. The number of rotatable bonds is 7. The van der Waals surface area contributed by atoms with Crippen LogP contribution in [0.4, 0.5) is 5.69 Å². The van der Waals surface area contributed by atoms with Gasteiger partial charge in [-0.2, -0.15) is 0 Å². The fourth-order valence-corrected chi connectivity index (χ4v) is 2.50. The highest BCUT2D eigenvalue weighted by Gasteiger charge is 2.36. The second kappa shape index (κ2) is 7.15. The molecule has 1 aromatic carbocycles. The van der Waals surface area contributed by atoms with Crippen molar-refractivity contribution in [1.29, 1.82) is 0 Å². The molecular weight excluding hydrogens is 286 g/mol. The van der Waals surface area contributed by atoms with Crippen LogP contribution in [0, 0.1) is 10.1 Å². The molecule has 0 bridgehead atoms. The fourth-order valence-electron chi connectivity index (χ4n) is 1.48. The topological polar surface area (TPSA) is 61.6 Å². The normalized spacial score (nSPS) is 12.4. The van der Waals surface area contributed by atoms with Crippen LogP contribution in [0.5, 0.6) is 0 Å². The van der Waals surface area contributed by atoms with Gasteiger partial charge in [0.2, 0.25) is 0 Å². The predicted octanol–water partition coefficient (Wildman–Crippen LogP) is 4.13. The second-order valence-electron chi connectivity index (χ2n) is 6.58. The molecule has 0 radical (unpaired) electrons. The molecule has 0 spiro atoms. The van der Waals surface area contributed by atoms with Crippen LogP contribution in [0.15, 0.2) is 24.3 Å². The molecular formula is C15H25NO4Si. The third-order valence-corrected chi connectivity index (χ3v) is 8.45. The van der Waals surface area contributed by atoms with Gasteiger partial charge in [-0.05, 0) is 35.8 Å². The van der Waals surface area contributed by atoms with Crippen molar-refractivity contribution in [1.82, 2.24) is 0 Å². The molecule has 0 aliphatic heterocycles. The second-order valence-corrected chi connectivity index (χ2v) is 11.4. The Bertz CT molecular complexity index is 466. The zero-order chi connectivity index (χ0) is 16.1. The first-order valence-electron chi connectivity index (χ1n) is 7.08. The van der Waals surface area contributed by atoms with Crippen molar-refractivity contribution in [2.45, 2.75) is 45.5 Å². The summed E-state index contributed by atoms with van der Waals surface area (Å²) in [5.41, 5.74) is 1.02. The van der Waals surface area contributed by atoms with E-state index in [1.807, 2.05) is 0 Å². The smallest absolute Gasteiger partial charge is 0.269 e. The number of benzene rings is 1. The van der Waals surface area contributed by atoms with E-state index in [-0.39, 0.29) is 10.7 Å². The molecule has 0 atom stereocenters. The van der Waals surface area contributed by atoms with Crippen LogP contribution in [0.25, 0.3) is 0 Å². The van der Waals surface area contributed by atoms with Gasteiger partial charge in [0, 0.05) is 12.1 Å². The van der Waals surface area contributed by atoms with E-state index < -0.39 is 13.2 Å². The molecule has 0 saturated carbocycles. The third-order valence-electron chi connectivity index (χ3n) is 3.91. The van der Waals surface area contributed by atoms with Crippen molar-refractivity contribution in [3.05, 3.63) is 39.9 Å². The molecule has 0 aliphatic rings. The van der Waals surface area contributed by atoms with E-state index in [9.17, 15) is 10.1 Å². The molecule has 6 heteroatoms. The maximum Gasteiger partial charge on any atom is 0.269 e. The third kappa shape index (κ3) is 5.57. The number of nitro groups is 1. The summed E-state index contributed by atoms with van der Waals surface area (Å²) in [7, 11) is -1.71. The van der Waals surface area contributed by atoms with Gasteiger partial charge in [-0.25, -0.2) is 0 Å². The quantitative estimate of drug-likeness (QED) is 0.329. The summed E-state index contributed by atoms with van der Waals surface area (Å²) in [5.74, 6) is 0. The summed E-state index contributed by atoms with van der Waals surface area (Å²) in [5, 5.41) is 10.7. The summed E-state index contributed by atoms with van der Waals surface area (Å²) in [4.78, 5) is 10.1. The lowest BCUT2D eigenvalue weighted by molar-refractivity contribution is -0.384. The highest BCUT2D eigenvalue weighted by molar-refractivity contribution is 6.74. The van der Waals surface area contributed by atoms with Crippen LogP contribution >= 0.6 is 0 Å². The molecule has 0 fully saturated rings. The Hall–Kier alpha value is -1.24. The predicted molar refractivity (Wildman–Crippen MR) is 85.9 cm³/mol. The van der Waals surface area contributed by atoms with E-state index >= 15 is 0 Å². The molecule has 0 amide bonds. The minimum atomic E-state index is -1.71. The molecule has 1 rings (SSSR count). The summed E-state index contributed by atoms with van der Waals surface area (Å²) in [6.07, 6.45) is 0. The van der Waals surface area contributed by atoms with Gasteiger partial charge in [-0.15, -0.1) is 0 Å². The number of hydrogen-bond donors (Lipinski definition) is 0. The molecule has 21 heavy (non-hydrogen) atoms. The molecule has 0 aliphatic carbocycles. The summed E-state index contributed by atoms with van der Waals surface area (Å²) < 4.78 is 11.6. The van der Waals surface area contributed by atoms with Gasteiger partial charge in [-0.3, -0.25) is 10.1 Å². The molecule has 0 saturated heterocycles. The van der Waals surface area contributed by atoms with Gasteiger partial charge in [0.25, 0.3) is 5.69 Å². The van der Waals surface area contributed by atoms with Crippen LogP contribution in [-0.2, 0) is 15.8 Å². The van der Waals surface area contributed by atoms with Crippen LogP contribution in [0.1, 0.15) is 26.3 Å².